The molecule has 13 heavy (non-hydrogen) atoms. The molecule has 0 N–H and O–H groups in total. The average Bonchev–Trinajstić information content (AvgIpc) is 2.03. The minimum atomic E-state index is -1.31. The van der Waals surface area contributed by atoms with Crippen molar-refractivity contribution in [1.29, 1.82) is 0 Å². The second-order valence-corrected chi connectivity index (χ2v) is 4.08. The first-order valence-electron chi connectivity index (χ1n) is 4.22. The van der Waals surface area contributed by atoms with Crippen LogP contribution in [-0.4, -0.2) is 22.3 Å². The van der Waals surface area contributed by atoms with Crippen LogP contribution in [0.2, 0.25) is 0 Å². The van der Waals surface area contributed by atoms with Crippen molar-refractivity contribution in [3.8, 4) is 0 Å². The molecule has 0 spiro atoms. The SMILES string of the molecule is CC(=O)C(Cl)(CCCCCl)C(C)=O. The molecule has 2 nitrogen and oxygen atoms in total. The number of carbonyl (C=O) groups excluding carboxylic acids is 2. The molecule has 0 aliphatic heterocycles. The monoisotopic (exact) mass is 224 g/mol. The number of hydrogen-bond donors (Lipinski definition) is 0. The number of Topliss-reactive ketones (excluding diaryl/α,β-unsaturated/α-hetero) is 2. The molecule has 0 aromatic heterocycles. The van der Waals surface area contributed by atoms with Crippen molar-refractivity contribution in [2.24, 2.45) is 0 Å². The van der Waals surface area contributed by atoms with Crippen LogP contribution in [0.25, 0.3) is 0 Å². The Balaban J connectivity index is 4.26. The summed E-state index contributed by atoms with van der Waals surface area (Å²) in [6.07, 6.45) is 1.86. The Labute approximate surface area is 88.6 Å². The second-order valence-electron chi connectivity index (χ2n) is 3.06. The Hall–Kier alpha value is -0.0800. The zero-order valence-corrected chi connectivity index (χ0v) is 9.41. The van der Waals surface area contributed by atoms with Gasteiger partial charge in [-0.25, -0.2) is 0 Å². The Bertz CT molecular complexity index is 188. The molecule has 0 radical (unpaired) electrons. The highest BCUT2D eigenvalue weighted by molar-refractivity contribution is 6.46. The summed E-state index contributed by atoms with van der Waals surface area (Å²) >= 11 is 11.4. The van der Waals surface area contributed by atoms with Gasteiger partial charge in [-0.05, 0) is 33.1 Å². The van der Waals surface area contributed by atoms with Gasteiger partial charge < -0.3 is 0 Å². The molecule has 0 saturated heterocycles. The predicted molar refractivity (Wildman–Crippen MR) is 54.5 cm³/mol. The second kappa shape index (κ2) is 5.61. The standard InChI is InChI=1S/C9H14Cl2O2/c1-7(12)9(11,8(2)13)5-3-4-6-10/h3-6H2,1-2H3. The number of unbranched alkanes of at least 4 members (excludes halogenated alkanes) is 1. The fourth-order valence-electron chi connectivity index (χ4n) is 1.06. The van der Waals surface area contributed by atoms with Crippen LogP contribution in [0.3, 0.4) is 0 Å². The van der Waals surface area contributed by atoms with Crippen LogP contribution in [0.5, 0.6) is 0 Å². The van der Waals surface area contributed by atoms with E-state index in [2.05, 4.69) is 0 Å². The molecule has 0 aliphatic rings. The van der Waals surface area contributed by atoms with Gasteiger partial charge in [0.05, 0.1) is 0 Å². The number of alkyl halides is 2. The van der Waals surface area contributed by atoms with E-state index in [9.17, 15) is 9.59 Å². The lowest BCUT2D eigenvalue weighted by atomic mass is 9.93. The lowest BCUT2D eigenvalue weighted by Gasteiger charge is -2.20. The lowest BCUT2D eigenvalue weighted by Crippen LogP contribution is -2.38. The van der Waals surface area contributed by atoms with Gasteiger partial charge in [0.2, 0.25) is 0 Å². The topological polar surface area (TPSA) is 34.1 Å². The van der Waals surface area contributed by atoms with E-state index in [0.717, 1.165) is 6.42 Å². The molecule has 0 heterocycles. The Morgan fingerprint density at radius 1 is 1.15 bits per heavy atom. The van der Waals surface area contributed by atoms with Crippen molar-refractivity contribution >= 4 is 34.8 Å². The zero-order chi connectivity index (χ0) is 10.5. The molecule has 0 amide bonds. The highest BCUT2D eigenvalue weighted by Gasteiger charge is 2.37. The first kappa shape index (κ1) is 12.9. The third-order valence-electron chi connectivity index (χ3n) is 2.02. The molecular weight excluding hydrogens is 211 g/mol. The summed E-state index contributed by atoms with van der Waals surface area (Å²) < 4.78 is 0. The van der Waals surface area contributed by atoms with E-state index in [1.165, 1.54) is 13.8 Å². The zero-order valence-electron chi connectivity index (χ0n) is 7.90. The normalized spacial score (nSPS) is 11.4. The van der Waals surface area contributed by atoms with Crippen LogP contribution >= 0.6 is 23.2 Å². The predicted octanol–water partition coefficient (Wildman–Crippen LogP) is 2.55. The van der Waals surface area contributed by atoms with E-state index in [-0.39, 0.29) is 11.6 Å². The minimum absolute atomic E-state index is 0.281. The molecule has 0 saturated carbocycles. The van der Waals surface area contributed by atoms with Crippen LogP contribution in [0.15, 0.2) is 0 Å². The van der Waals surface area contributed by atoms with E-state index in [4.69, 9.17) is 23.2 Å². The van der Waals surface area contributed by atoms with Gasteiger partial charge in [0.15, 0.2) is 16.4 Å². The summed E-state index contributed by atoms with van der Waals surface area (Å²) in [4.78, 5) is 20.9. The molecule has 4 heteroatoms. The van der Waals surface area contributed by atoms with Crippen molar-refractivity contribution in [2.75, 3.05) is 5.88 Å². The third-order valence-corrected chi connectivity index (χ3v) is 3.01. The summed E-state index contributed by atoms with van der Waals surface area (Å²) in [6.45, 7) is 2.68. The lowest BCUT2D eigenvalue weighted by molar-refractivity contribution is -0.128. The van der Waals surface area contributed by atoms with Gasteiger partial charge in [0.1, 0.15) is 0 Å². The number of carbonyl (C=O) groups is 2. The molecule has 0 unspecified atom stereocenters. The van der Waals surface area contributed by atoms with Gasteiger partial charge in [0.25, 0.3) is 0 Å². The summed E-state index contributed by atoms with van der Waals surface area (Å²) in [7, 11) is 0. The molecule has 0 aromatic rings. The van der Waals surface area contributed by atoms with Crippen LogP contribution < -0.4 is 0 Å². The first-order chi connectivity index (χ1) is 5.95. The summed E-state index contributed by atoms with van der Waals surface area (Å²) in [5, 5.41) is 0. The fourth-order valence-corrected chi connectivity index (χ4v) is 1.39. The third kappa shape index (κ3) is 3.65. The maximum atomic E-state index is 11.1. The quantitative estimate of drug-likeness (QED) is 0.395. The summed E-state index contributed by atoms with van der Waals surface area (Å²) in [5.74, 6) is -0.0320. The van der Waals surface area contributed by atoms with E-state index < -0.39 is 4.87 Å². The molecule has 0 rings (SSSR count). The van der Waals surface area contributed by atoms with Crippen LogP contribution in [0.1, 0.15) is 33.1 Å². The highest BCUT2D eigenvalue weighted by atomic mass is 35.5. The van der Waals surface area contributed by atoms with Gasteiger partial charge >= 0.3 is 0 Å². The largest absolute Gasteiger partial charge is 0.298 e. The van der Waals surface area contributed by atoms with Crippen LogP contribution in [0, 0.1) is 0 Å². The summed E-state index contributed by atoms with van der Waals surface area (Å²) in [5.41, 5.74) is 0. The van der Waals surface area contributed by atoms with Crippen molar-refractivity contribution in [3.05, 3.63) is 0 Å². The number of ketones is 2. The van der Waals surface area contributed by atoms with E-state index in [1.54, 1.807) is 0 Å². The molecular formula is C9H14Cl2O2. The summed E-state index contributed by atoms with van der Waals surface area (Å²) in [6, 6.07) is 0. The number of rotatable bonds is 6. The molecule has 0 aliphatic carbocycles. The number of hydrogen-bond acceptors (Lipinski definition) is 2. The van der Waals surface area contributed by atoms with Gasteiger partial charge in [0, 0.05) is 5.88 Å². The van der Waals surface area contributed by atoms with E-state index >= 15 is 0 Å². The highest BCUT2D eigenvalue weighted by Crippen LogP contribution is 2.25. The first-order valence-corrected chi connectivity index (χ1v) is 5.13. The number of halogens is 2. The van der Waals surface area contributed by atoms with Crippen LogP contribution in [0.4, 0.5) is 0 Å². The Morgan fingerprint density at radius 2 is 1.62 bits per heavy atom. The molecule has 0 bridgehead atoms. The van der Waals surface area contributed by atoms with Crippen molar-refractivity contribution < 1.29 is 9.59 Å². The Kier molecular flexibility index (Phi) is 5.57. The van der Waals surface area contributed by atoms with Gasteiger partial charge in [-0.1, -0.05) is 0 Å². The van der Waals surface area contributed by atoms with Crippen molar-refractivity contribution in [1.82, 2.24) is 0 Å². The smallest absolute Gasteiger partial charge is 0.160 e. The molecule has 0 aromatic carbocycles. The maximum absolute atomic E-state index is 11.1. The van der Waals surface area contributed by atoms with E-state index in [0.29, 0.717) is 18.7 Å². The maximum Gasteiger partial charge on any atom is 0.160 e. The fraction of sp³-hybridized carbons (Fsp3) is 0.778. The average molecular weight is 225 g/mol. The van der Waals surface area contributed by atoms with Crippen molar-refractivity contribution in [3.63, 3.8) is 0 Å². The van der Waals surface area contributed by atoms with Crippen LogP contribution in [-0.2, 0) is 9.59 Å². The van der Waals surface area contributed by atoms with Crippen molar-refractivity contribution in [2.45, 2.75) is 38.0 Å². The van der Waals surface area contributed by atoms with E-state index in [1.807, 2.05) is 0 Å². The molecule has 76 valence electrons. The minimum Gasteiger partial charge on any atom is -0.298 e. The van der Waals surface area contributed by atoms with Gasteiger partial charge in [-0.15, -0.1) is 23.2 Å². The van der Waals surface area contributed by atoms with Gasteiger partial charge in [-0.2, -0.15) is 0 Å². The van der Waals surface area contributed by atoms with Gasteiger partial charge in [-0.3, -0.25) is 9.59 Å². The Morgan fingerprint density at radius 3 is 1.92 bits per heavy atom. The molecule has 0 atom stereocenters. The molecule has 0 fully saturated rings.